The molecule has 0 saturated heterocycles. The van der Waals surface area contributed by atoms with E-state index in [1.807, 2.05) is 18.8 Å². The van der Waals surface area contributed by atoms with Crippen molar-refractivity contribution >= 4 is 17.6 Å². The molecule has 0 bridgehead atoms. The van der Waals surface area contributed by atoms with Crippen LogP contribution < -0.4 is 5.32 Å². The first-order chi connectivity index (χ1) is 8.38. The van der Waals surface area contributed by atoms with Crippen molar-refractivity contribution in [1.82, 2.24) is 9.97 Å². The lowest BCUT2D eigenvalue weighted by Gasteiger charge is -2.21. The molecule has 0 aromatic carbocycles. The molecule has 0 unspecified atom stereocenters. The summed E-state index contributed by atoms with van der Waals surface area (Å²) in [6.45, 7) is 0. The van der Waals surface area contributed by atoms with Gasteiger partial charge in [-0.2, -0.15) is 11.8 Å². The van der Waals surface area contributed by atoms with Gasteiger partial charge in [0.1, 0.15) is 11.6 Å². The van der Waals surface area contributed by atoms with Crippen molar-refractivity contribution in [2.45, 2.75) is 49.5 Å². The van der Waals surface area contributed by atoms with E-state index in [2.05, 4.69) is 5.32 Å². The summed E-state index contributed by atoms with van der Waals surface area (Å²) in [5, 5.41) is 3.24. The van der Waals surface area contributed by atoms with Gasteiger partial charge in [0.15, 0.2) is 0 Å². The maximum atomic E-state index is 4.81. The quantitative estimate of drug-likeness (QED) is 0.872. The van der Waals surface area contributed by atoms with E-state index in [1.165, 1.54) is 43.4 Å². The molecule has 1 aromatic heterocycles. The average molecular weight is 249 g/mol. The minimum Gasteiger partial charge on any atom is -0.373 e. The van der Waals surface area contributed by atoms with Gasteiger partial charge in [-0.1, -0.05) is 19.3 Å². The minimum absolute atomic E-state index is 0.603. The predicted octanol–water partition coefficient (Wildman–Crippen LogP) is 3.31. The van der Waals surface area contributed by atoms with Gasteiger partial charge >= 0.3 is 0 Å². The van der Waals surface area contributed by atoms with Crippen LogP contribution in [-0.2, 0) is 11.5 Å². The molecule has 1 aliphatic heterocycles. The summed E-state index contributed by atoms with van der Waals surface area (Å²) in [6.07, 6.45) is 6.61. The van der Waals surface area contributed by atoms with E-state index in [4.69, 9.17) is 9.97 Å². The molecule has 1 saturated carbocycles. The third kappa shape index (κ3) is 2.15. The topological polar surface area (TPSA) is 37.8 Å². The first kappa shape index (κ1) is 11.3. The van der Waals surface area contributed by atoms with Gasteiger partial charge in [-0.25, -0.2) is 9.97 Å². The summed E-state index contributed by atoms with van der Waals surface area (Å²) in [6, 6.07) is 0. The molecule has 3 rings (SSSR count). The monoisotopic (exact) mass is 249 g/mol. The van der Waals surface area contributed by atoms with Crippen LogP contribution in [0.25, 0.3) is 0 Å². The molecule has 0 amide bonds. The Bertz CT molecular complexity index is 413. The van der Waals surface area contributed by atoms with Crippen LogP contribution in [0.5, 0.6) is 0 Å². The lowest BCUT2D eigenvalue weighted by Crippen LogP contribution is -2.12. The Morgan fingerprint density at radius 3 is 2.71 bits per heavy atom. The molecule has 92 valence electrons. The number of hydrogen-bond acceptors (Lipinski definition) is 4. The molecule has 0 atom stereocenters. The van der Waals surface area contributed by atoms with Gasteiger partial charge in [0, 0.05) is 30.0 Å². The number of aromatic nitrogens is 2. The Labute approximate surface area is 107 Å². The van der Waals surface area contributed by atoms with Crippen molar-refractivity contribution in [2.24, 2.45) is 0 Å². The zero-order valence-electron chi connectivity index (χ0n) is 10.3. The lowest BCUT2D eigenvalue weighted by molar-refractivity contribution is 0.428. The second kappa shape index (κ2) is 4.84. The molecule has 0 radical (unpaired) electrons. The second-order valence-corrected chi connectivity index (χ2v) is 5.92. The molecule has 2 aliphatic rings. The Morgan fingerprint density at radius 1 is 1.12 bits per heavy atom. The highest BCUT2D eigenvalue weighted by Gasteiger charge is 2.24. The number of fused-ring (bicyclic) bond motifs is 1. The number of nitrogens with one attached hydrogen (secondary N) is 1. The van der Waals surface area contributed by atoms with Crippen molar-refractivity contribution < 1.29 is 0 Å². The Balaban J connectivity index is 1.94. The molecule has 4 heteroatoms. The number of rotatable bonds is 2. The normalized spacial score (nSPS) is 20.3. The highest BCUT2D eigenvalue weighted by molar-refractivity contribution is 7.98. The van der Waals surface area contributed by atoms with Gasteiger partial charge in [-0.3, -0.25) is 0 Å². The van der Waals surface area contributed by atoms with E-state index in [-0.39, 0.29) is 0 Å². The van der Waals surface area contributed by atoms with Crippen LogP contribution in [0.1, 0.15) is 55.1 Å². The predicted molar refractivity (Wildman–Crippen MR) is 72.4 cm³/mol. The fraction of sp³-hybridized carbons (Fsp3) is 0.692. The zero-order valence-corrected chi connectivity index (χ0v) is 11.1. The van der Waals surface area contributed by atoms with Gasteiger partial charge in [0.25, 0.3) is 0 Å². The molecular formula is C13H19N3S. The fourth-order valence-corrected chi connectivity index (χ4v) is 3.86. The lowest BCUT2D eigenvalue weighted by atomic mass is 9.88. The summed E-state index contributed by atoms with van der Waals surface area (Å²) >= 11 is 1.95. The van der Waals surface area contributed by atoms with Crippen LogP contribution in [0.15, 0.2) is 0 Å². The number of nitrogens with zero attached hydrogens (tertiary/aromatic N) is 2. The fourth-order valence-electron chi connectivity index (χ4n) is 2.82. The molecule has 17 heavy (non-hydrogen) atoms. The summed E-state index contributed by atoms with van der Waals surface area (Å²) in [5.74, 6) is 4.89. The molecule has 2 heterocycles. The number of thioether (sulfide) groups is 1. The highest BCUT2D eigenvalue weighted by Crippen LogP contribution is 2.36. The average Bonchev–Trinajstić information content (AvgIpc) is 2.86. The molecular weight excluding hydrogens is 230 g/mol. The van der Waals surface area contributed by atoms with E-state index < -0.39 is 0 Å². The SMILES string of the molecule is CNc1nc(C2CCCCC2)nc2c1CSC2. The minimum atomic E-state index is 0.603. The van der Waals surface area contributed by atoms with E-state index >= 15 is 0 Å². The van der Waals surface area contributed by atoms with Gasteiger partial charge < -0.3 is 5.32 Å². The molecule has 1 N–H and O–H groups in total. The van der Waals surface area contributed by atoms with Crippen molar-refractivity contribution in [3.05, 3.63) is 17.1 Å². The third-order valence-electron chi connectivity index (χ3n) is 3.80. The Morgan fingerprint density at radius 2 is 1.94 bits per heavy atom. The van der Waals surface area contributed by atoms with Crippen molar-refractivity contribution in [3.63, 3.8) is 0 Å². The van der Waals surface area contributed by atoms with Crippen LogP contribution in [0, 0.1) is 0 Å². The van der Waals surface area contributed by atoms with Gasteiger partial charge in [-0.15, -0.1) is 0 Å². The van der Waals surface area contributed by atoms with Crippen molar-refractivity contribution in [1.29, 1.82) is 0 Å². The Kier molecular flexibility index (Phi) is 3.23. The maximum absolute atomic E-state index is 4.81. The summed E-state index contributed by atoms with van der Waals surface area (Å²) in [4.78, 5) is 9.56. The largest absolute Gasteiger partial charge is 0.373 e. The first-order valence-corrected chi connectivity index (χ1v) is 7.69. The molecule has 1 aromatic rings. The maximum Gasteiger partial charge on any atom is 0.134 e. The molecule has 0 spiro atoms. The van der Waals surface area contributed by atoms with Gasteiger partial charge in [-0.05, 0) is 12.8 Å². The van der Waals surface area contributed by atoms with Crippen LogP contribution in [-0.4, -0.2) is 17.0 Å². The smallest absolute Gasteiger partial charge is 0.134 e. The van der Waals surface area contributed by atoms with E-state index in [0.717, 1.165) is 23.1 Å². The Hall–Kier alpha value is -0.770. The third-order valence-corrected chi connectivity index (χ3v) is 4.77. The van der Waals surface area contributed by atoms with E-state index in [9.17, 15) is 0 Å². The van der Waals surface area contributed by atoms with Crippen LogP contribution in [0.3, 0.4) is 0 Å². The van der Waals surface area contributed by atoms with Crippen LogP contribution >= 0.6 is 11.8 Å². The molecule has 3 nitrogen and oxygen atoms in total. The van der Waals surface area contributed by atoms with Crippen LogP contribution in [0.2, 0.25) is 0 Å². The molecule has 1 fully saturated rings. The van der Waals surface area contributed by atoms with Gasteiger partial charge in [0.2, 0.25) is 0 Å². The number of hydrogen-bond donors (Lipinski definition) is 1. The summed E-state index contributed by atoms with van der Waals surface area (Å²) < 4.78 is 0. The highest BCUT2D eigenvalue weighted by atomic mass is 32.2. The van der Waals surface area contributed by atoms with Gasteiger partial charge in [0.05, 0.1) is 5.69 Å². The first-order valence-electron chi connectivity index (χ1n) is 6.53. The van der Waals surface area contributed by atoms with Crippen LogP contribution in [0.4, 0.5) is 5.82 Å². The standard InChI is InChI=1S/C13H19N3S/c1-14-13-10-7-17-8-11(10)15-12(16-13)9-5-3-2-4-6-9/h9H,2-8H2,1H3,(H,14,15,16). The zero-order chi connectivity index (χ0) is 11.7. The van der Waals surface area contributed by atoms with E-state index in [0.29, 0.717) is 5.92 Å². The van der Waals surface area contributed by atoms with Crippen molar-refractivity contribution in [3.8, 4) is 0 Å². The molecule has 1 aliphatic carbocycles. The summed E-state index contributed by atoms with van der Waals surface area (Å²) in [7, 11) is 1.97. The number of anilines is 1. The second-order valence-electron chi connectivity index (χ2n) is 4.93. The van der Waals surface area contributed by atoms with E-state index in [1.54, 1.807) is 0 Å². The summed E-state index contributed by atoms with van der Waals surface area (Å²) in [5.41, 5.74) is 2.60. The van der Waals surface area contributed by atoms with Crippen molar-refractivity contribution in [2.75, 3.05) is 12.4 Å².